The predicted octanol–water partition coefficient (Wildman–Crippen LogP) is 2.23. The third-order valence-corrected chi connectivity index (χ3v) is 2.99. The number of aliphatic carboxylic acids is 1. The van der Waals surface area contributed by atoms with Crippen LogP contribution in [0.15, 0.2) is 0 Å². The minimum atomic E-state index is -4.21. The van der Waals surface area contributed by atoms with Crippen LogP contribution in [0.5, 0.6) is 0 Å². The zero-order valence-corrected chi connectivity index (χ0v) is 11.6. The maximum atomic E-state index is 12.3. The van der Waals surface area contributed by atoms with Crippen molar-refractivity contribution in [3.63, 3.8) is 0 Å². The van der Waals surface area contributed by atoms with Gasteiger partial charge in [0.1, 0.15) is 5.54 Å². The summed E-state index contributed by atoms with van der Waals surface area (Å²) >= 11 is 0. The average molecular weight is 284 g/mol. The Morgan fingerprint density at radius 2 is 1.84 bits per heavy atom. The highest BCUT2D eigenvalue weighted by Crippen LogP contribution is 2.19. The van der Waals surface area contributed by atoms with E-state index in [4.69, 9.17) is 10.8 Å². The molecule has 114 valence electrons. The molecule has 19 heavy (non-hydrogen) atoms. The van der Waals surface area contributed by atoms with Crippen LogP contribution in [0, 0.1) is 0 Å². The summed E-state index contributed by atoms with van der Waals surface area (Å²) in [7, 11) is 0. The maximum Gasteiger partial charge on any atom is 0.401 e. The molecule has 0 saturated carbocycles. The topological polar surface area (TPSA) is 66.6 Å². The van der Waals surface area contributed by atoms with E-state index < -0.39 is 24.2 Å². The molecule has 0 saturated heterocycles. The Bertz CT molecular complexity index is 291. The summed E-state index contributed by atoms with van der Waals surface area (Å²) in [6.45, 7) is 4.16. The van der Waals surface area contributed by atoms with Gasteiger partial charge in [0.15, 0.2) is 0 Å². The van der Waals surface area contributed by atoms with E-state index in [1.165, 1.54) is 11.8 Å². The number of alkyl halides is 3. The van der Waals surface area contributed by atoms with Crippen LogP contribution in [0.25, 0.3) is 0 Å². The van der Waals surface area contributed by atoms with E-state index in [1.54, 1.807) is 13.8 Å². The zero-order valence-electron chi connectivity index (χ0n) is 11.6. The van der Waals surface area contributed by atoms with Crippen molar-refractivity contribution in [3.05, 3.63) is 0 Å². The number of nitrogens with zero attached hydrogens (tertiary/aromatic N) is 1. The van der Waals surface area contributed by atoms with Gasteiger partial charge in [-0.2, -0.15) is 13.2 Å². The number of unbranched alkanes of at least 4 members (excludes halogenated alkanes) is 1. The molecule has 0 aliphatic rings. The first-order valence-electron chi connectivity index (χ1n) is 6.29. The zero-order chi connectivity index (χ0) is 15.3. The quantitative estimate of drug-likeness (QED) is 0.671. The van der Waals surface area contributed by atoms with Crippen LogP contribution >= 0.6 is 0 Å². The molecule has 0 amide bonds. The number of carboxylic acids is 1. The smallest absolute Gasteiger partial charge is 0.401 e. The Morgan fingerprint density at radius 1 is 1.32 bits per heavy atom. The van der Waals surface area contributed by atoms with Gasteiger partial charge in [-0.05, 0) is 46.6 Å². The summed E-state index contributed by atoms with van der Waals surface area (Å²) in [5.41, 5.74) is 4.23. The van der Waals surface area contributed by atoms with Gasteiger partial charge in [-0.25, -0.2) is 0 Å². The second-order valence-electron chi connectivity index (χ2n) is 5.36. The van der Waals surface area contributed by atoms with Crippen molar-refractivity contribution in [1.29, 1.82) is 0 Å². The first-order chi connectivity index (χ1) is 8.46. The van der Waals surface area contributed by atoms with E-state index in [0.717, 1.165) is 0 Å². The molecule has 0 aliphatic carbocycles. The fourth-order valence-electron chi connectivity index (χ4n) is 1.66. The first-order valence-corrected chi connectivity index (χ1v) is 6.29. The molecule has 1 atom stereocenters. The van der Waals surface area contributed by atoms with Crippen molar-refractivity contribution in [2.24, 2.45) is 5.73 Å². The number of halogens is 3. The van der Waals surface area contributed by atoms with Gasteiger partial charge in [0.2, 0.25) is 0 Å². The summed E-state index contributed by atoms with van der Waals surface area (Å²) in [6, 6.07) is -0.203. The molecule has 1 unspecified atom stereocenters. The molecule has 0 aliphatic heterocycles. The van der Waals surface area contributed by atoms with Crippen molar-refractivity contribution in [2.75, 3.05) is 13.1 Å². The highest BCUT2D eigenvalue weighted by Gasteiger charge is 2.32. The minimum Gasteiger partial charge on any atom is -0.480 e. The fraction of sp³-hybridized carbons (Fsp3) is 0.917. The summed E-state index contributed by atoms with van der Waals surface area (Å²) in [5.74, 6) is -1.09. The van der Waals surface area contributed by atoms with Crippen molar-refractivity contribution in [3.8, 4) is 0 Å². The highest BCUT2D eigenvalue weighted by atomic mass is 19.4. The monoisotopic (exact) mass is 284 g/mol. The second-order valence-corrected chi connectivity index (χ2v) is 5.36. The lowest BCUT2D eigenvalue weighted by Crippen LogP contribution is -2.45. The standard InChI is InChI=1S/C12H23F3N2O2/c1-9(2)17(8-12(13,14)15)7-5-4-6-11(3,16)10(18)19/h9H,4-8,16H2,1-3H3,(H,18,19). The minimum absolute atomic E-state index is 0.203. The largest absolute Gasteiger partial charge is 0.480 e. The summed E-state index contributed by atoms with van der Waals surface area (Å²) in [5, 5.41) is 8.81. The third-order valence-electron chi connectivity index (χ3n) is 2.99. The predicted molar refractivity (Wildman–Crippen MR) is 66.8 cm³/mol. The van der Waals surface area contributed by atoms with Crippen LogP contribution in [0.2, 0.25) is 0 Å². The van der Waals surface area contributed by atoms with E-state index in [-0.39, 0.29) is 19.0 Å². The number of hydrogen-bond acceptors (Lipinski definition) is 3. The molecule has 4 nitrogen and oxygen atoms in total. The van der Waals surface area contributed by atoms with Gasteiger partial charge in [0.25, 0.3) is 0 Å². The van der Waals surface area contributed by atoms with Gasteiger partial charge < -0.3 is 10.8 Å². The van der Waals surface area contributed by atoms with Gasteiger partial charge in [-0.3, -0.25) is 9.69 Å². The summed E-state index contributed by atoms with van der Waals surface area (Å²) in [4.78, 5) is 12.1. The van der Waals surface area contributed by atoms with E-state index in [1.807, 2.05) is 0 Å². The maximum absolute atomic E-state index is 12.3. The highest BCUT2D eigenvalue weighted by molar-refractivity contribution is 5.77. The molecule has 0 radical (unpaired) electrons. The van der Waals surface area contributed by atoms with E-state index in [2.05, 4.69) is 0 Å². The number of carboxylic acid groups (broad SMARTS) is 1. The fourth-order valence-corrected chi connectivity index (χ4v) is 1.66. The number of hydrogen-bond donors (Lipinski definition) is 2. The van der Waals surface area contributed by atoms with Crippen LogP contribution in [0.1, 0.15) is 40.0 Å². The Labute approximate surface area is 111 Å². The SMILES string of the molecule is CC(C)N(CCCCC(C)(N)C(=O)O)CC(F)(F)F. The average Bonchev–Trinajstić information content (AvgIpc) is 2.20. The molecule has 0 aromatic heterocycles. The molecule has 0 aromatic carbocycles. The second kappa shape index (κ2) is 7.09. The molecule has 0 spiro atoms. The van der Waals surface area contributed by atoms with E-state index >= 15 is 0 Å². The summed E-state index contributed by atoms with van der Waals surface area (Å²) in [6.07, 6.45) is -2.98. The normalized spacial score (nSPS) is 15.8. The summed E-state index contributed by atoms with van der Waals surface area (Å²) < 4.78 is 37.0. The Hall–Kier alpha value is -0.820. The molecule has 7 heteroatoms. The Morgan fingerprint density at radius 3 is 2.21 bits per heavy atom. The first kappa shape index (κ1) is 18.2. The molecule has 3 N–H and O–H groups in total. The lowest BCUT2D eigenvalue weighted by molar-refractivity contribution is -0.149. The third kappa shape index (κ3) is 8.05. The van der Waals surface area contributed by atoms with E-state index in [9.17, 15) is 18.0 Å². The number of nitrogens with two attached hydrogens (primary N) is 1. The molecule has 0 aromatic rings. The molecular weight excluding hydrogens is 261 g/mol. The molecule has 0 fully saturated rings. The van der Waals surface area contributed by atoms with Gasteiger partial charge in [0.05, 0.1) is 6.54 Å². The van der Waals surface area contributed by atoms with Gasteiger partial charge in [-0.15, -0.1) is 0 Å². The molecule has 0 rings (SSSR count). The van der Waals surface area contributed by atoms with Crippen molar-refractivity contribution in [2.45, 2.75) is 57.8 Å². The Kier molecular flexibility index (Phi) is 6.79. The van der Waals surface area contributed by atoms with Crippen molar-refractivity contribution >= 4 is 5.97 Å². The lowest BCUT2D eigenvalue weighted by atomic mass is 9.96. The van der Waals surface area contributed by atoms with Crippen LogP contribution in [0.3, 0.4) is 0 Å². The number of carbonyl (C=O) groups is 1. The van der Waals surface area contributed by atoms with Gasteiger partial charge in [-0.1, -0.05) is 0 Å². The van der Waals surface area contributed by atoms with Crippen molar-refractivity contribution < 1.29 is 23.1 Å². The van der Waals surface area contributed by atoms with Crippen LogP contribution < -0.4 is 5.73 Å². The number of rotatable bonds is 8. The van der Waals surface area contributed by atoms with Crippen LogP contribution in [-0.4, -0.2) is 46.8 Å². The van der Waals surface area contributed by atoms with Gasteiger partial charge >= 0.3 is 12.1 Å². The van der Waals surface area contributed by atoms with Crippen LogP contribution in [0.4, 0.5) is 13.2 Å². The van der Waals surface area contributed by atoms with Gasteiger partial charge in [0, 0.05) is 6.04 Å². The molecule has 0 heterocycles. The van der Waals surface area contributed by atoms with Crippen molar-refractivity contribution in [1.82, 2.24) is 4.90 Å². The molecule has 0 bridgehead atoms. The van der Waals surface area contributed by atoms with Crippen LogP contribution in [-0.2, 0) is 4.79 Å². The van der Waals surface area contributed by atoms with E-state index in [0.29, 0.717) is 12.8 Å². The lowest BCUT2D eigenvalue weighted by Gasteiger charge is -2.28. The Balaban J connectivity index is 4.12. The molecular formula is C12H23F3N2O2.